The highest BCUT2D eigenvalue weighted by atomic mass is 16.6. The van der Waals surface area contributed by atoms with E-state index in [-0.39, 0.29) is 24.2 Å². The third-order valence-electron chi connectivity index (χ3n) is 5.59. The normalized spacial score (nSPS) is 14.1. The molecule has 3 aromatic rings. The van der Waals surface area contributed by atoms with E-state index in [1.54, 1.807) is 40.1 Å². The van der Waals surface area contributed by atoms with Crippen molar-refractivity contribution in [3.63, 3.8) is 0 Å². The summed E-state index contributed by atoms with van der Waals surface area (Å²) in [5.41, 5.74) is 1.13. The van der Waals surface area contributed by atoms with Gasteiger partial charge in [-0.3, -0.25) is 14.9 Å². The van der Waals surface area contributed by atoms with Crippen LogP contribution in [0.4, 0.5) is 22.0 Å². The molecule has 1 N–H and O–H groups in total. The van der Waals surface area contributed by atoms with Crippen molar-refractivity contribution in [1.82, 2.24) is 14.5 Å². The van der Waals surface area contributed by atoms with Crippen LogP contribution in [0.1, 0.15) is 20.8 Å². The maximum Gasteiger partial charge on any atom is 0.410 e. The van der Waals surface area contributed by atoms with Crippen LogP contribution in [0.15, 0.2) is 48.8 Å². The Morgan fingerprint density at radius 3 is 2.49 bits per heavy atom. The monoisotopic (exact) mass is 480 g/mol. The molecule has 1 aromatic carbocycles. The van der Waals surface area contributed by atoms with E-state index in [1.807, 2.05) is 26.8 Å². The number of amides is 2. The van der Waals surface area contributed by atoms with Gasteiger partial charge in [0.15, 0.2) is 0 Å². The van der Waals surface area contributed by atoms with Crippen LogP contribution in [0.3, 0.4) is 0 Å². The van der Waals surface area contributed by atoms with Gasteiger partial charge in [0, 0.05) is 55.4 Å². The fourth-order valence-corrected chi connectivity index (χ4v) is 3.90. The van der Waals surface area contributed by atoms with Gasteiger partial charge in [-0.1, -0.05) is 0 Å². The first-order valence-electron chi connectivity index (χ1n) is 11.3. The summed E-state index contributed by atoms with van der Waals surface area (Å²) in [6.45, 7) is 8.03. The van der Waals surface area contributed by atoms with Gasteiger partial charge in [-0.05, 0) is 45.0 Å². The first kappa shape index (κ1) is 24.0. The minimum atomic E-state index is -0.520. The second-order valence-electron chi connectivity index (χ2n) is 9.35. The number of non-ortho nitro benzene ring substituents is 1. The van der Waals surface area contributed by atoms with E-state index in [1.165, 1.54) is 12.1 Å². The van der Waals surface area contributed by atoms with Crippen molar-refractivity contribution >= 4 is 40.1 Å². The number of nitrogens with one attached hydrogen (secondary N) is 1. The number of carbonyl (C=O) groups excluding carboxylic acids is 2. The Kier molecular flexibility index (Phi) is 6.59. The third-order valence-corrected chi connectivity index (χ3v) is 5.59. The number of nitrogens with zero attached hydrogens (tertiary/aromatic N) is 5. The molecule has 1 aliphatic rings. The van der Waals surface area contributed by atoms with Crippen LogP contribution in [0.5, 0.6) is 0 Å². The Bertz CT molecular complexity index is 1240. The van der Waals surface area contributed by atoms with Crippen LogP contribution in [0.25, 0.3) is 10.9 Å². The van der Waals surface area contributed by atoms with Gasteiger partial charge in [0.25, 0.3) is 5.69 Å². The van der Waals surface area contributed by atoms with E-state index >= 15 is 0 Å². The summed E-state index contributed by atoms with van der Waals surface area (Å²) in [6, 6.07) is 9.91. The predicted molar refractivity (Wildman–Crippen MR) is 131 cm³/mol. The van der Waals surface area contributed by atoms with Gasteiger partial charge in [-0.15, -0.1) is 0 Å². The average Bonchev–Trinajstić information content (AvgIpc) is 3.20. The topological polar surface area (TPSA) is 123 Å². The summed E-state index contributed by atoms with van der Waals surface area (Å²) in [7, 11) is 0. The van der Waals surface area contributed by atoms with E-state index in [9.17, 15) is 19.7 Å². The Labute approximate surface area is 202 Å². The molecule has 0 unspecified atom stereocenters. The zero-order chi connectivity index (χ0) is 25.2. The summed E-state index contributed by atoms with van der Waals surface area (Å²) < 4.78 is 7.16. The zero-order valence-corrected chi connectivity index (χ0v) is 19.9. The van der Waals surface area contributed by atoms with Crippen molar-refractivity contribution in [2.45, 2.75) is 32.9 Å². The summed E-state index contributed by atoms with van der Waals surface area (Å²) in [6.07, 6.45) is 3.12. The van der Waals surface area contributed by atoms with Crippen molar-refractivity contribution in [2.75, 3.05) is 36.4 Å². The number of fused-ring (bicyclic) bond motifs is 1. The molecular weight excluding hydrogens is 452 g/mol. The molecule has 0 radical (unpaired) electrons. The first-order chi connectivity index (χ1) is 16.6. The smallest absolute Gasteiger partial charge is 0.410 e. The summed E-state index contributed by atoms with van der Waals surface area (Å²) >= 11 is 0. The van der Waals surface area contributed by atoms with Crippen LogP contribution in [-0.4, -0.2) is 63.2 Å². The van der Waals surface area contributed by atoms with Crippen LogP contribution >= 0.6 is 0 Å². The average molecular weight is 481 g/mol. The quantitative estimate of drug-likeness (QED) is 0.437. The molecule has 0 bridgehead atoms. The number of pyridine rings is 1. The fraction of sp³-hybridized carbons (Fsp3) is 0.375. The second-order valence-corrected chi connectivity index (χ2v) is 9.35. The van der Waals surface area contributed by atoms with Gasteiger partial charge in [-0.2, -0.15) is 0 Å². The van der Waals surface area contributed by atoms with Gasteiger partial charge in [0.1, 0.15) is 18.0 Å². The number of anilines is 2. The van der Waals surface area contributed by atoms with Crippen molar-refractivity contribution in [2.24, 2.45) is 0 Å². The van der Waals surface area contributed by atoms with Crippen LogP contribution < -0.4 is 10.2 Å². The molecule has 2 aromatic heterocycles. The number of carbonyl (C=O) groups is 2. The molecule has 0 atom stereocenters. The molecule has 4 rings (SSSR count). The van der Waals surface area contributed by atoms with E-state index in [4.69, 9.17) is 4.74 Å². The molecule has 11 heteroatoms. The number of piperazine rings is 1. The van der Waals surface area contributed by atoms with Gasteiger partial charge in [0.2, 0.25) is 5.91 Å². The van der Waals surface area contributed by atoms with Gasteiger partial charge in [0.05, 0.1) is 16.8 Å². The predicted octanol–water partition coefficient (Wildman–Crippen LogP) is 3.64. The number of nitro benzene ring substituents is 1. The lowest BCUT2D eigenvalue weighted by Gasteiger charge is -2.36. The Morgan fingerprint density at radius 2 is 1.86 bits per heavy atom. The molecule has 1 aliphatic heterocycles. The molecule has 0 saturated carbocycles. The van der Waals surface area contributed by atoms with Crippen LogP contribution in [-0.2, 0) is 16.1 Å². The number of hydrogen-bond donors (Lipinski definition) is 1. The highest BCUT2D eigenvalue weighted by molar-refractivity contribution is 5.91. The van der Waals surface area contributed by atoms with Crippen molar-refractivity contribution in [3.05, 3.63) is 58.9 Å². The number of hydrogen-bond acceptors (Lipinski definition) is 7. The minimum absolute atomic E-state index is 0.00949. The first-order valence-corrected chi connectivity index (χ1v) is 11.3. The Hall–Kier alpha value is -4.15. The molecule has 184 valence electrons. The Morgan fingerprint density at radius 1 is 1.11 bits per heavy atom. The molecule has 2 amide bonds. The molecule has 1 saturated heterocycles. The minimum Gasteiger partial charge on any atom is -0.444 e. The number of benzene rings is 1. The summed E-state index contributed by atoms with van der Waals surface area (Å²) in [4.78, 5) is 43.5. The van der Waals surface area contributed by atoms with Crippen LogP contribution in [0, 0.1) is 10.1 Å². The van der Waals surface area contributed by atoms with Crippen LogP contribution in [0.2, 0.25) is 0 Å². The maximum atomic E-state index is 12.5. The fourth-order valence-electron chi connectivity index (χ4n) is 3.90. The van der Waals surface area contributed by atoms with E-state index < -0.39 is 10.5 Å². The lowest BCUT2D eigenvalue weighted by Crippen LogP contribution is -2.50. The SMILES string of the molecule is CC(C)(C)OC(=O)N1CCN(c2ccc(NC(=O)Cn3ccc4cc([N+](=O)[O-])ccc43)nc2)CC1. The lowest BCUT2D eigenvalue weighted by molar-refractivity contribution is -0.384. The largest absolute Gasteiger partial charge is 0.444 e. The highest BCUT2D eigenvalue weighted by Gasteiger charge is 2.26. The molecule has 35 heavy (non-hydrogen) atoms. The van der Waals surface area contributed by atoms with Gasteiger partial charge in [-0.25, -0.2) is 9.78 Å². The molecule has 0 spiro atoms. The second kappa shape index (κ2) is 9.61. The number of aromatic nitrogens is 2. The molecule has 11 nitrogen and oxygen atoms in total. The summed E-state index contributed by atoms with van der Waals surface area (Å²) in [5.74, 6) is 0.172. The van der Waals surface area contributed by atoms with E-state index in [0.717, 1.165) is 11.2 Å². The Balaban J connectivity index is 1.31. The van der Waals surface area contributed by atoms with Crippen molar-refractivity contribution in [1.29, 1.82) is 0 Å². The van der Waals surface area contributed by atoms with Crippen molar-refractivity contribution in [3.8, 4) is 0 Å². The summed E-state index contributed by atoms with van der Waals surface area (Å²) in [5, 5.41) is 14.4. The maximum absolute atomic E-state index is 12.5. The zero-order valence-electron chi connectivity index (χ0n) is 19.9. The van der Waals surface area contributed by atoms with Gasteiger partial charge >= 0.3 is 6.09 Å². The standard InChI is InChI=1S/C24H28N6O5/c1-24(2,3)35-23(32)28-12-10-27(11-13-28)19-5-7-21(25-15-19)26-22(31)16-29-9-8-17-14-18(30(33)34)4-6-20(17)29/h4-9,14-15H,10-13,16H2,1-3H3,(H,25,26,31). The van der Waals surface area contributed by atoms with E-state index in [0.29, 0.717) is 37.4 Å². The molecule has 3 heterocycles. The number of nitro groups is 1. The van der Waals surface area contributed by atoms with Gasteiger partial charge < -0.3 is 24.4 Å². The number of rotatable bonds is 5. The number of ether oxygens (including phenoxy) is 1. The van der Waals surface area contributed by atoms with Crippen molar-refractivity contribution < 1.29 is 19.2 Å². The van der Waals surface area contributed by atoms with E-state index in [2.05, 4.69) is 15.2 Å². The molecule has 1 fully saturated rings. The third kappa shape index (κ3) is 5.86. The highest BCUT2D eigenvalue weighted by Crippen LogP contribution is 2.22. The lowest BCUT2D eigenvalue weighted by atomic mass is 10.2. The molecular formula is C24H28N6O5. The molecule has 0 aliphatic carbocycles.